The maximum absolute atomic E-state index is 5.85. The Hall–Kier alpha value is -3.72. The normalized spacial score (nSPS) is 11.1. The van der Waals surface area contributed by atoms with Crippen molar-refractivity contribution in [2.24, 2.45) is 0 Å². The van der Waals surface area contributed by atoms with Crippen molar-refractivity contribution in [1.82, 2.24) is 0 Å². The van der Waals surface area contributed by atoms with E-state index in [2.05, 4.69) is 48.5 Å². The molecule has 0 amide bonds. The topological polar surface area (TPSA) is 31.6 Å². The lowest BCUT2D eigenvalue weighted by Crippen LogP contribution is -1.90. The summed E-state index contributed by atoms with van der Waals surface area (Å²) in [6.45, 7) is 0. The third kappa shape index (κ3) is 2.92. The summed E-state index contributed by atoms with van der Waals surface area (Å²) in [7, 11) is 3.30. The lowest BCUT2D eigenvalue weighted by molar-refractivity contribution is 0.355. The molecule has 142 valence electrons. The van der Waals surface area contributed by atoms with E-state index in [1.54, 1.807) is 14.2 Å². The number of methoxy groups -OCH3 is 2. The molecule has 0 unspecified atom stereocenters. The van der Waals surface area contributed by atoms with Gasteiger partial charge in [0.15, 0.2) is 11.5 Å². The number of furan rings is 1. The third-order valence-electron chi connectivity index (χ3n) is 5.36. The van der Waals surface area contributed by atoms with Gasteiger partial charge in [-0.3, -0.25) is 0 Å². The molecule has 0 fully saturated rings. The van der Waals surface area contributed by atoms with Gasteiger partial charge in [0.1, 0.15) is 5.58 Å². The number of fused-ring (bicyclic) bond motifs is 3. The first-order valence-electron chi connectivity index (χ1n) is 9.50. The average molecular weight is 380 g/mol. The second kappa shape index (κ2) is 7.02. The van der Waals surface area contributed by atoms with Crippen LogP contribution < -0.4 is 9.47 Å². The number of rotatable bonds is 4. The van der Waals surface area contributed by atoms with E-state index in [-0.39, 0.29) is 0 Å². The van der Waals surface area contributed by atoms with Crippen LogP contribution in [-0.2, 0) is 0 Å². The van der Waals surface area contributed by atoms with Crippen LogP contribution in [0, 0.1) is 0 Å². The summed E-state index contributed by atoms with van der Waals surface area (Å²) >= 11 is 0. The standard InChI is InChI=1S/C26H20O3/c1-27-23-12-9-19(15-25(23)28-2)18-8-11-21-20(14-18)10-13-24-26(21)22(16-29-24)17-6-4-3-5-7-17/h3-16H,1-2H3. The third-order valence-corrected chi connectivity index (χ3v) is 5.36. The fourth-order valence-corrected chi connectivity index (χ4v) is 3.89. The summed E-state index contributed by atoms with van der Waals surface area (Å²) in [5.41, 5.74) is 5.38. The Labute approximate surface area is 169 Å². The minimum absolute atomic E-state index is 0.724. The highest BCUT2D eigenvalue weighted by Gasteiger charge is 2.13. The Morgan fingerprint density at radius 1 is 0.655 bits per heavy atom. The monoisotopic (exact) mass is 380 g/mol. The van der Waals surface area contributed by atoms with Crippen molar-refractivity contribution in [3.63, 3.8) is 0 Å². The molecule has 1 heterocycles. The van der Waals surface area contributed by atoms with Gasteiger partial charge in [0.2, 0.25) is 0 Å². The highest BCUT2D eigenvalue weighted by molar-refractivity contribution is 6.13. The van der Waals surface area contributed by atoms with E-state index >= 15 is 0 Å². The first-order chi connectivity index (χ1) is 14.3. The second-order valence-electron chi connectivity index (χ2n) is 6.96. The zero-order chi connectivity index (χ0) is 19.8. The Balaban J connectivity index is 1.68. The summed E-state index contributed by atoms with van der Waals surface area (Å²) in [5.74, 6) is 1.45. The van der Waals surface area contributed by atoms with Crippen molar-refractivity contribution in [1.29, 1.82) is 0 Å². The maximum atomic E-state index is 5.85. The summed E-state index contributed by atoms with van der Waals surface area (Å²) in [5, 5.41) is 3.50. The van der Waals surface area contributed by atoms with E-state index in [1.165, 1.54) is 10.8 Å². The molecule has 1 aromatic heterocycles. The minimum atomic E-state index is 0.724. The second-order valence-corrected chi connectivity index (χ2v) is 6.96. The van der Waals surface area contributed by atoms with E-state index in [1.807, 2.05) is 36.6 Å². The molecule has 4 aromatic carbocycles. The fourth-order valence-electron chi connectivity index (χ4n) is 3.89. The molecular formula is C26H20O3. The Kier molecular flexibility index (Phi) is 4.21. The number of benzene rings is 4. The van der Waals surface area contributed by atoms with Gasteiger partial charge in [0.25, 0.3) is 0 Å². The van der Waals surface area contributed by atoms with Gasteiger partial charge in [-0.15, -0.1) is 0 Å². The Morgan fingerprint density at radius 3 is 2.21 bits per heavy atom. The van der Waals surface area contributed by atoms with Crippen molar-refractivity contribution in [2.75, 3.05) is 14.2 Å². The van der Waals surface area contributed by atoms with Crippen LogP contribution in [0.2, 0.25) is 0 Å². The van der Waals surface area contributed by atoms with Crippen molar-refractivity contribution in [3.8, 4) is 33.8 Å². The highest BCUT2D eigenvalue weighted by atomic mass is 16.5. The zero-order valence-corrected chi connectivity index (χ0v) is 16.3. The molecule has 29 heavy (non-hydrogen) atoms. The number of hydrogen-bond donors (Lipinski definition) is 0. The van der Waals surface area contributed by atoms with Crippen LogP contribution in [0.25, 0.3) is 44.0 Å². The molecule has 0 aliphatic heterocycles. The fraction of sp³-hybridized carbons (Fsp3) is 0.0769. The molecule has 0 bridgehead atoms. The quantitative estimate of drug-likeness (QED) is 0.338. The molecule has 3 heteroatoms. The van der Waals surface area contributed by atoms with E-state index < -0.39 is 0 Å². The summed E-state index contributed by atoms with van der Waals surface area (Å²) in [6, 6.07) is 27.0. The molecular weight excluding hydrogens is 360 g/mol. The van der Waals surface area contributed by atoms with E-state index in [0.717, 1.165) is 44.7 Å². The SMILES string of the molecule is COc1ccc(-c2ccc3c(ccc4occ(-c5ccccc5)c43)c2)cc1OC. The van der Waals surface area contributed by atoms with Gasteiger partial charge >= 0.3 is 0 Å². The number of hydrogen-bond acceptors (Lipinski definition) is 3. The van der Waals surface area contributed by atoms with Crippen molar-refractivity contribution in [3.05, 3.63) is 85.1 Å². The number of ether oxygens (including phenoxy) is 2. The maximum Gasteiger partial charge on any atom is 0.161 e. The molecule has 0 aliphatic rings. The zero-order valence-electron chi connectivity index (χ0n) is 16.3. The minimum Gasteiger partial charge on any atom is -0.493 e. The van der Waals surface area contributed by atoms with Gasteiger partial charge < -0.3 is 13.9 Å². The van der Waals surface area contributed by atoms with E-state index in [9.17, 15) is 0 Å². The highest BCUT2D eigenvalue weighted by Crippen LogP contribution is 2.38. The van der Waals surface area contributed by atoms with E-state index in [4.69, 9.17) is 13.9 Å². The predicted octanol–water partition coefficient (Wildman–Crippen LogP) is 6.94. The molecule has 0 atom stereocenters. The van der Waals surface area contributed by atoms with Gasteiger partial charge in [-0.2, -0.15) is 0 Å². The summed E-state index contributed by atoms with van der Waals surface area (Å²) in [4.78, 5) is 0. The Morgan fingerprint density at radius 2 is 1.41 bits per heavy atom. The van der Waals surface area contributed by atoms with Crippen LogP contribution in [0.3, 0.4) is 0 Å². The first-order valence-corrected chi connectivity index (χ1v) is 9.50. The van der Waals surface area contributed by atoms with Gasteiger partial charge in [0, 0.05) is 10.9 Å². The molecule has 0 aliphatic carbocycles. The van der Waals surface area contributed by atoms with Crippen molar-refractivity contribution < 1.29 is 13.9 Å². The average Bonchev–Trinajstić information content (AvgIpc) is 3.23. The molecule has 0 spiro atoms. The molecule has 5 rings (SSSR count). The van der Waals surface area contributed by atoms with Crippen LogP contribution in [0.15, 0.2) is 89.5 Å². The smallest absolute Gasteiger partial charge is 0.161 e. The van der Waals surface area contributed by atoms with Crippen molar-refractivity contribution >= 4 is 21.7 Å². The van der Waals surface area contributed by atoms with Crippen LogP contribution in [0.4, 0.5) is 0 Å². The summed E-state index contributed by atoms with van der Waals surface area (Å²) < 4.78 is 16.7. The van der Waals surface area contributed by atoms with Crippen LogP contribution >= 0.6 is 0 Å². The Bertz CT molecular complexity index is 1320. The van der Waals surface area contributed by atoms with Gasteiger partial charge in [-0.05, 0) is 51.7 Å². The summed E-state index contributed by atoms with van der Waals surface area (Å²) in [6.07, 6.45) is 1.85. The van der Waals surface area contributed by atoms with Crippen LogP contribution in [0.5, 0.6) is 11.5 Å². The first kappa shape index (κ1) is 17.4. The molecule has 0 N–H and O–H groups in total. The predicted molar refractivity (Wildman–Crippen MR) is 118 cm³/mol. The molecule has 5 aromatic rings. The lowest BCUT2D eigenvalue weighted by atomic mass is 9.96. The van der Waals surface area contributed by atoms with Gasteiger partial charge in [0.05, 0.1) is 20.5 Å². The molecule has 0 radical (unpaired) electrons. The van der Waals surface area contributed by atoms with E-state index in [0.29, 0.717) is 0 Å². The largest absolute Gasteiger partial charge is 0.493 e. The van der Waals surface area contributed by atoms with Crippen LogP contribution in [0.1, 0.15) is 0 Å². The van der Waals surface area contributed by atoms with Crippen LogP contribution in [-0.4, -0.2) is 14.2 Å². The van der Waals surface area contributed by atoms with Gasteiger partial charge in [-0.1, -0.05) is 54.6 Å². The lowest BCUT2D eigenvalue weighted by Gasteiger charge is -2.11. The van der Waals surface area contributed by atoms with Crippen molar-refractivity contribution in [2.45, 2.75) is 0 Å². The molecule has 0 saturated heterocycles. The molecule has 3 nitrogen and oxygen atoms in total. The molecule has 0 saturated carbocycles. The van der Waals surface area contributed by atoms with Gasteiger partial charge in [-0.25, -0.2) is 0 Å².